The molecular weight excluding hydrogens is 346 g/mol. The normalized spacial score (nSPS) is 11.9. The highest BCUT2D eigenvalue weighted by atomic mass is 16.3. The number of rotatable bonds is 5. The average molecular weight is 367 g/mol. The second kappa shape index (κ2) is 6.82. The van der Waals surface area contributed by atoms with Crippen molar-refractivity contribution in [2.75, 3.05) is 0 Å². The lowest BCUT2D eigenvalue weighted by Gasteiger charge is -2.07. The molecule has 0 fully saturated rings. The molecular formula is C24H21N3O. The maximum Gasteiger partial charge on any atom is 0.235 e. The van der Waals surface area contributed by atoms with Crippen LogP contribution in [0.25, 0.3) is 46.2 Å². The van der Waals surface area contributed by atoms with Gasteiger partial charge in [-0.25, -0.2) is 9.97 Å². The fourth-order valence-corrected chi connectivity index (χ4v) is 3.50. The highest BCUT2D eigenvalue weighted by Gasteiger charge is 2.18. The summed E-state index contributed by atoms with van der Waals surface area (Å²) in [7, 11) is 0. The van der Waals surface area contributed by atoms with E-state index in [-0.39, 0.29) is 0 Å². The van der Waals surface area contributed by atoms with E-state index >= 15 is 0 Å². The first-order valence-corrected chi connectivity index (χ1v) is 9.04. The topological polar surface area (TPSA) is 43.9 Å². The van der Waals surface area contributed by atoms with Crippen molar-refractivity contribution in [3.05, 3.63) is 84.4 Å². The Labute approximate surface area is 163 Å². The van der Waals surface area contributed by atoms with E-state index < -0.39 is 0 Å². The summed E-state index contributed by atoms with van der Waals surface area (Å²) >= 11 is 0. The van der Waals surface area contributed by atoms with E-state index in [2.05, 4.69) is 30.8 Å². The molecule has 4 nitrogen and oxygen atoms in total. The third-order valence-electron chi connectivity index (χ3n) is 4.88. The van der Waals surface area contributed by atoms with Gasteiger partial charge in [0, 0.05) is 16.5 Å². The van der Waals surface area contributed by atoms with Crippen LogP contribution in [0.15, 0.2) is 66.3 Å². The zero-order chi connectivity index (χ0) is 19.8. The number of fused-ring (bicyclic) bond motifs is 2. The third kappa shape index (κ3) is 2.62. The van der Waals surface area contributed by atoms with Crippen molar-refractivity contribution in [2.45, 2.75) is 13.8 Å². The van der Waals surface area contributed by atoms with E-state index in [4.69, 9.17) is 9.40 Å². The van der Waals surface area contributed by atoms with E-state index in [1.54, 1.807) is 6.20 Å². The van der Waals surface area contributed by atoms with Crippen molar-refractivity contribution in [2.24, 2.45) is 0 Å². The molecule has 0 saturated heterocycles. The van der Waals surface area contributed by atoms with Crippen LogP contribution >= 0.6 is 0 Å². The van der Waals surface area contributed by atoms with Gasteiger partial charge < -0.3 is 4.42 Å². The van der Waals surface area contributed by atoms with Gasteiger partial charge in [-0.3, -0.25) is 4.57 Å². The van der Waals surface area contributed by atoms with Crippen LogP contribution in [0, 0.1) is 6.92 Å². The van der Waals surface area contributed by atoms with Crippen LogP contribution in [0.2, 0.25) is 0 Å². The highest BCUT2D eigenvalue weighted by Crippen LogP contribution is 2.32. The van der Waals surface area contributed by atoms with Crippen molar-refractivity contribution in [1.29, 1.82) is 0 Å². The summed E-state index contributed by atoms with van der Waals surface area (Å²) in [6.45, 7) is 15.7. The van der Waals surface area contributed by atoms with Gasteiger partial charge >= 0.3 is 0 Å². The fraction of sp³-hybridized carbons (Fsp3) is 0.0833. The first-order valence-electron chi connectivity index (χ1n) is 9.04. The van der Waals surface area contributed by atoms with Crippen LogP contribution in [0.1, 0.15) is 29.5 Å². The molecule has 0 radical (unpaired) electrons. The number of para-hydroxylation sites is 1. The Balaban J connectivity index is 2.06. The number of hydrogen-bond acceptors (Lipinski definition) is 3. The maximum absolute atomic E-state index is 5.86. The molecule has 0 aliphatic rings. The summed E-state index contributed by atoms with van der Waals surface area (Å²) < 4.78 is 7.87. The van der Waals surface area contributed by atoms with Crippen molar-refractivity contribution in [3.63, 3.8) is 0 Å². The van der Waals surface area contributed by atoms with Crippen LogP contribution in [0.4, 0.5) is 0 Å². The smallest absolute Gasteiger partial charge is 0.235 e. The Morgan fingerprint density at radius 1 is 1.11 bits per heavy atom. The molecule has 4 heteroatoms. The lowest BCUT2D eigenvalue weighted by atomic mass is 10.1. The molecule has 0 unspecified atom stereocenters. The van der Waals surface area contributed by atoms with Gasteiger partial charge in [0.15, 0.2) is 5.58 Å². The quantitative estimate of drug-likeness (QED) is 0.386. The SMILES string of the molecule is C=C/C(C)=C\c1c(C)oc2cnc(-n3c(C=C)c(C=C)c4ccccc43)nc12. The molecule has 0 spiro atoms. The van der Waals surface area contributed by atoms with Crippen LogP contribution in [-0.2, 0) is 0 Å². The monoisotopic (exact) mass is 367 g/mol. The van der Waals surface area contributed by atoms with Crippen LogP contribution in [0.3, 0.4) is 0 Å². The average Bonchev–Trinajstić information content (AvgIpc) is 3.21. The first-order chi connectivity index (χ1) is 13.6. The summed E-state index contributed by atoms with van der Waals surface area (Å²) in [4.78, 5) is 9.43. The minimum absolute atomic E-state index is 0.568. The van der Waals surface area contributed by atoms with E-state index in [0.717, 1.165) is 44.6 Å². The van der Waals surface area contributed by atoms with Gasteiger partial charge in [0.2, 0.25) is 5.95 Å². The summed E-state index contributed by atoms with van der Waals surface area (Å²) in [5, 5.41) is 1.09. The number of allylic oxidation sites excluding steroid dienone is 2. The Morgan fingerprint density at radius 2 is 1.89 bits per heavy atom. The van der Waals surface area contributed by atoms with Crippen LogP contribution < -0.4 is 0 Å². The Bertz CT molecular complexity index is 1280. The van der Waals surface area contributed by atoms with Crippen molar-refractivity contribution >= 4 is 40.2 Å². The van der Waals surface area contributed by atoms with Gasteiger partial charge in [0.1, 0.15) is 11.3 Å². The number of benzene rings is 1. The van der Waals surface area contributed by atoms with E-state index in [9.17, 15) is 0 Å². The number of nitrogens with zero attached hydrogens (tertiary/aromatic N) is 3. The summed E-state index contributed by atoms with van der Waals surface area (Å²) in [5.41, 5.74) is 6.35. The molecule has 0 atom stereocenters. The largest absolute Gasteiger partial charge is 0.457 e. The minimum atomic E-state index is 0.568. The van der Waals surface area contributed by atoms with E-state index in [1.807, 2.05) is 60.9 Å². The molecule has 0 N–H and O–H groups in total. The van der Waals surface area contributed by atoms with Gasteiger partial charge in [-0.15, -0.1) is 0 Å². The maximum atomic E-state index is 5.86. The molecule has 0 amide bonds. The zero-order valence-electron chi connectivity index (χ0n) is 16.1. The second-order valence-corrected chi connectivity index (χ2v) is 6.61. The van der Waals surface area contributed by atoms with E-state index in [1.165, 1.54) is 0 Å². The minimum Gasteiger partial charge on any atom is -0.457 e. The van der Waals surface area contributed by atoms with Crippen molar-refractivity contribution in [1.82, 2.24) is 14.5 Å². The second-order valence-electron chi connectivity index (χ2n) is 6.61. The van der Waals surface area contributed by atoms with Gasteiger partial charge in [-0.05, 0) is 32.1 Å². The van der Waals surface area contributed by atoms with Gasteiger partial charge in [-0.2, -0.15) is 0 Å². The predicted octanol–water partition coefficient (Wildman–Crippen LogP) is 6.35. The molecule has 28 heavy (non-hydrogen) atoms. The van der Waals surface area contributed by atoms with Crippen molar-refractivity contribution < 1.29 is 4.42 Å². The molecule has 0 bridgehead atoms. The molecule has 138 valence electrons. The molecule has 1 aromatic carbocycles. The fourth-order valence-electron chi connectivity index (χ4n) is 3.50. The molecule has 4 rings (SSSR count). The number of hydrogen-bond donors (Lipinski definition) is 0. The summed E-state index contributed by atoms with van der Waals surface area (Å²) in [6.07, 6.45) is 9.22. The molecule has 3 heterocycles. The third-order valence-corrected chi connectivity index (χ3v) is 4.88. The molecule has 4 aromatic rings. The molecule has 0 saturated carbocycles. The summed E-state index contributed by atoms with van der Waals surface area (Å²) in [5.74, 6) is 1.37. The van der Waals surface area contributed by atoms with Gasteiger partial charge in [0.05, 0.1) is 17.4 Å². The predicted molar refractivity (Wildman–Crippen MR) is 117 cm³/mol. The highest BCUT2D eigenvalue weighted by molar-refractivity contribution is 5.95. The number of aromatic nitrogens is 3. The standard InChI is InChI=1S/C24H21N3O/c1-6-15(4)13-19-16(5)28-22-14-25-24(26-23(19)22)27-20(8-3)17(7-2)18-11-9-10-12-21(18)27/h6-14H,1-3H2,4-5H3/b15-13-. The number of furan rings is 1. The summed E-state index contributed by atoms with van der Waals surface area (Å²) in [6, 6.07) is 8.13. The Hall–Kier alpha value is -3.66. The zero-order valence-corrected chi connectivity index (χ0v) is 16.1. The van der Waals surface area contributed by atoms with Crippen LogP contribution in [-0.4, -0.2) is 14.5 Å². The van der Waals surface area contributed by atoms with E-state index in [0.29, 0.717) is 11.5 Å². The van der Waals surface area contributed by atoms with Gasteiger partial charge in [-0.1, -0.05) is 55.7 Å². The molecule has 0 aliphatic carbocycles. The van der Waals surface area contributed by atoms with Crippen molar-refractivity contribution in [3.8, 4) is 5.95 Å². The Morgan fingerprint density at radius 3 is 2.61 bits per heavy atom. The molecule has 0 aliphatic heterocycles. The first kappa shape index (κ1) is 17.7. The van der Waals surface area contributed by atoms with Crippen LogP contribution in [0.5, 0.6) is 0 Å². The molecule has 3 aromatic heterocycles. The Kier molecular flexibility index (Phi) is 4.32. The lowest BCUT2D eigenvalue weighted by Crippen LogP contribution is -2.03. The number of aryl methyl sites for hydroxylation is 1. The lowest BCUT2D eigenvalue weighted by molar-refractivity contribution is 0.575. The van der Waals surface area contributed by atoms with Gasteiger partial charge in [0.25, 0.3) is 0 Å².